The molecule has 0 aromatic carbocycles. The second kappa shape index (κ2) is 7.11. The monoisotopic (exact) mass is 246 g/mol. The molecule has 1 heterocycles. The maximum Gasteiger partial charge on any atom is 0.282 e. The smallest absolute Gasteiger partial charge is 0.282 e. The molecule has 1 aromatic rings. The van der Waals surface area contributed by atoms with E-state index in [1.165, 1.54) is 13.2 Å². The van der Waals surface area contributed by atoms with Crippen molar-refractivity contribution in [2.75, 3.05) is 13.7 Å². The van der Waals surface area contributed by atoms with Gasteiger partial charge in [0.15, 0.2) is 0 Å². The molecule has 0 aliphatic rings. The number of rotatable bonds is 7. The van der Waals surface area contributed by atoms with Gasteiger partial charge in [0, 0.05) is 12.2 Å². The Labute approximate surface area is 99.0 Å². The van der Waals surface area contributed by atoms with E-state index in [1.54, 1.807) is 0 Å². The van der Waals surface area contributed by atoms with E-state index in [4.69, 9.17) is 9.47 Å². The van der Waals surface area contributed by atoms with Gasteiger partial charge in [0.2, 0.25) is 5.88 Å². The number of aromatic nitrogens is 2. The minimum absolute atomic E-state index is 0.207. The molecule has 0 atom stereocenters. The second-order valence-electron chi connectivity index (χ2n) is 3.51. The summed E-state index contributed by atoms with van der Waals surface area (Å²) in [5.41, 5.74) is 0.133. The van der Waals surface area contributed by atoms with Crippen LogP contribution in [0.1, 0.15) is 37.4 Å². The molecule has 0 fully saturated rings. The predicted molar refractivity (Wildman–Crippen MR) is 58.1 cm³/mol. The van der Waals surface area contributed by atoms with E-state index in [1.807, 2.05) is 6.92 Å². The lowest BCUT2D eigenvalue weighted by Gasteiger charge is -2.08. The van der Waals surface area contributed by atoms with Crippen molar-refractivity contribution in [2.45, 2.75) is 32.8 Å². The summed E-state index contributed by atoms with van der Waals surface area (Å²) in [5, 5.41) is 6.96. The van der Waals surface area contributed by atoms with Crippen molar-refractivity contribution in [3.63, 3.8) is 0 Å². The van der Waals surface area contributed by atoms with E-state index in [-0.39, 0.29) is 18.2 Å². The van der Waals surface area contributed by atoms with Gasteiger partial charge in [-0.05, 0) is 12.5 Å². The van der Waals surface area contributed by atoms with Crippen LogP contribution in [0.5, 0.6) is 5.88 Å². The van der Waals surface area contributed by atoms with Gasteiger partial charge in [0.1, 0.15) is 5.69 Å². The topological polar surface area (TPSA) is 44.2 Å². The third kappa shape index (κ3) is 4.22. The minimum Gasteiger partial charge on any atom is -0.480 e. The number of alkyl halides is 2. The molecule has 0 N–H and O–H groups in total. The van der Waals surface area contributed by atoms with Crippen molar-refractivity contribution in [1.82, 2.24) is 10.2 Å². The molecule has 1 rings (SSSR count). The van der Waals surface area contributed by atoms with Crippen LogP contribution < -0.4 is 4.74 Å². The highest BCUT2D eigenvalue weighted by Crippen LogP contribution is 2.21. The highest BCUT2D eigenvalue weighted by atomic mass is 19.3. The Morgan fingerprint density at radius 1 is 1.35 bits per heavy atom. The van der Waals surface area contributed by atoms with Gasteiger partial charge < -0.3 is 9.47 Å². The van der Waals surface area contributed by atoms with Crippen LogP contribution in [0.25, 0.3) is 0 Å². The van der Waals surface area contributed by atoms with Crippen molar-refractivity contribution in [1.29, 1.82) is 0 Å². The number of unbranched alkanes of at least 4 members (excludes halogenated alkanes) is 1. The Kier molecular flexibility index (Phi) is 5.76. The number of halogens is 2. The molecule has 0 aliphatic carbocycles. The van der Waals surface area contributed by atoms with Gasteiger partial charge in [0.05, 0.1) is 13.7 Å². The lowest BCUT2D eigenvalue weighted by molar-refractivity contribution is 0.114. The zero-order valence-corrected chi connectivity index (χ0v) is 9.95. The van der Waals surface area contributed by atoms with Gasteiger partial charge in [-0.15, -0.1) is 10.2 Å². The summed E-state index contributed by atoms with van der Waals surface area (Å²) in [4.78, 5) is 0. The standard InChI is InChI=1S/C11H16F2N2O2/c1-3-4-5-17-7-8-6-9(10(12)13)14-15-11(8)16-2/h6,10H,3-5,7H2,1-2H3. The molecular formula is C11H16F2N2O2. The number of hydrogen-bond donors (Lipinski definition) is 0. The number of hydrogen-bond acceptors (Lipinski definition) is 4. The van der Waals surface area contributed by atoms with Crippen molar-refractivity contribution >= 4 is 0 Å². The SMILES string of the molecule is CCCCOCc1cc(C(F)F)nnc1OC. The van der Waals surface area contributed by atoms with Gasteiger partial charge in [-0.3, -0.25) is 0 Å². The lowest BCUT2D eigenvalue weighted by Crippen LogP contribution is -2.04. The predicted octanol–water partition coefficient (Wildman–Crippen LogP) is 2.74. The molecule has 6 heteroatoms. The maximum atomic E-state index is 12.4. The first-order valence-corrected chi connectivity index (χ1v) is 5.45. The Hall–Kier alpha value is -1.30. The van der Waals surface area contributed by atoms with Crippen LogP contribution in [0.2, 0.25) is 0 Å². The average molecular weight is 246 g/mol. The van der Waals surface area contributed by atoms with Crippen LogP contribution in [-0.2, 0) is 11.3 Å². The molecule has 0 spiro atoms. The zero-order valence-electron chi connectivity index (χ0n) is 9.95. The molecule has 4 nitrogen and oxygen atoms in total. The van der Waals surface area contributed by atoms with Crippen LogP contribution >= 0.6 is 0 Å². The first-order chi connectivity index (χ1) is 8.19. The largest absolute Gasteiger partial charge is 0.480 e. The first-order valence-electron chi connectivity index (χ1n) is 5.45. The number of methoxy groups -OCH3 is 1. The summed E-state index contributed by atoms with van der Waals surface area (Å²) in [6, 6.07) is 1.27. The molecule has 1 aromatic heterocycles. The fourth-order valence-corrected chi connectivity index (χ4v) is 1.25. The van der Waals surface area contributed by atoms with Gasteiger partial charge >= 0.3 is 0 Å². The maximum absolute atomic E-state index is 12.4. The van der Waals surface area contributed by atoms with E-state index >= 15 is 0 Å². The van der Waals surface area contributed by atoms with Crippen LogP contribution in [0.4, 0.5) is 8.78 Å². The molecule has 0 amide bonds. The molecular weight excluding hydrogens is 230 g/mol. The number of nitrogens with zero attached hydrogens (tertiary/aromatic N) is 2. The molecule has 0 aliphatic heterocycles. The summed E-state index contributed by atoms with van der Waals surface area (Å²) in [7, 11) is 1.42. The van der Waals surface area contributed by atoms with Gasteiger partial charge in [0.25, 0.3) is 6.43 Å². The van der Waals surface area contributed by atoms with Gasteiger partial charge in [-0.25, -0.2) is 8.78 Å². The summed E-state index contributed by atoms with van der Waals surface area (Å²) in [6.45, 7) is 2.84. The van der Waals surface area contributed by atoms with Crippen LogP contribution in [0.15, 0.2) is 6.07 Å². The fraction of sp³-hybridized carbons (Fsp3) is 0.636. The molecule has 17 heavy (non-hydrogen) atoms. The van der Waals surface area contributed by atoms with Crippen molar-refractivity contribution in [2.24, 2.45) is 0 Å². The Balaban J connectivity index is 2.69. The highest BCUT2D eigenvalue weighted by Gasteiger charge is 2.14. The first kappa shape index (κ1) is 13.8. The van der Waals surface area contributed by atoms with E-state index < -0.39 is 6.43 Å². The molecule has 0 unspecified atom stereocenters. The molecule has 0 bridgehead atoms. The second-order valence-corrected chi connectivity index (χ2v) is 3.51. The Morgan fingerprint density at radius 3 is 2.71 bits per heavy atom. The third-order valence-corrected chi connectivity index (χ3v) is 2.17. The Morgan fingerprint density at radius 2 is 2.12 bits per heavy atom. The van der Waals surface area contributed by atoms with Crippen LogP contribution in [0, 0.1) is 0 Å². The molecule has 96 valence electrons. The average Bonchev–Trinajstić information content (AvgIpc) is 2.34. The normalized spacial score (nSPS) is 10.9. The zero-order chi connectivity index (χ0) is 12.7. The van der Waals surface area contributed by atoms with Gasteiger partial charge in [-0.2, -0.15) is 0 Å². The van der Waals surface area contributed by atoms with E-state index in [9.17, 15) is 8.78 Å². The summed E-state index contributed by atoms with van der Waals surface area (Å²) < 4.78 is 35.2. The summed E-state index contributed by atoms with van der Waals surface area (Å²) in [5.74, 6) is 0.228. The summed E-state index contributed by atoms with van der Waals surface area (Å²) in [6.07, 6.45) is -0.681. The van der Waals surface area contributed by atoms with Crippen molar-refractivity contribution in [3.8, 4) is 5.88 Å². The minimum atomic E-state index is -2.64. The summed E-state index contributed by atoms with van der Waals surface area (Å²) >= 11 is 0. The quantitative estimate of drug-likeness (QED) is 0.694. The molecule has 0 saturated heterocycles. The molecule has 0 radical (unpaired) electrons. The number of ether oxygens (including phenoxy) is 2. The highest BCUT2D eigenvalue weighted by molar-refractivity contribution is 5.26. The van der Waals surface area contributed by atoms with E-state index in [0.29, 0.717) is 12.2 Å². The van der Waals surface area contributed by atoms with Crippen molar-refractivity contribution in [3.05, 3.63) is 17.3 Å². The third-order valence-electron chi connectivity index (χ3n) is 2.17. The molecule has 0 saturated carbocycles. The van der Waals surface area contributed by atoms with Crippen LogP contribution in [0.3, 0.4) is 0 Å². The van der Waals surface area contributed by atoms with Crippen LogP contribution in [-0.4, -0.2) is 23.9 Å². The van der Waals surface area contributed by atoms with E-state index in [0.717, 1.165) is 12.8 Å². The van der Waals surface area contributed by atoms with Crippen molar-refractivity contribution < 1.29 is 18.3 Å². The Bertz CT molecular complexity index is 348. The van der Waals surface area contributed by atoms with E-state index in [2.05, 4.69) is 10.2 Å². The lowest BCUT2D eigenvalue weighted by atomic mass is 10.2. The fourth-order valence-electron chi connectivity index (χ4n) is 1.25. The van der Waals surface area contributed by atoms with Gasteiger partial charge in [-0.1, -0.05) is 13.3 Å².